The zero-order valence-electron chi connectivity index (χ0n) is 34.6. The van der Waals surface area contributed by atoms with Crippen LogP contribution in [0.5, 0.6) is 0 Å². The molecule has 9 atom stereocenters. The summed E-state index contributed by atoms with van der Waals surface area (Å²) in [6, 6.07) is 0. The molecule has 0 aromatic rings. The van der Waals surface area contributed by atoms with Crippen molar-refractivity contribution in [1.82, 2.24) is 0 Å². The smallest absolute Gasteiger partial charge is 0.382 e. The summed E-state index contributed by atoms with van der Waals surface area (Å²) in [6.45, 7) is 1.16. The predicted octanol–water partition coefficient (Wildman–Crippen LogP) is -2.98. The zero-order valence-corrected chi connectivity index (χ0v) is 34.6. The van der Waals surface area contributed by atoms with Gasteiger partial charge >= 0.3 is 47.8 Å². The van der Waals surface area contributed by atoms with Crippen LogP contribution in [0, 0.1) is 0 Å². The molecule has 0 bridgehead atoms. The van der Waals surface area contributed by atoms with Gasteiger partial charge in [0.25, 0.3) is 0 Å². The van der Waals surface area contributed by atoms with Crippen molar-refractivity contribution in [3.63, 3.8) is 0 Å². The van der Waals surface area contributed by atoms with Crippen molar-refractivity contribution in [1.29, 1.82) is 0 Å². The van der Waals surface area contributed by atoms with Gasteiger partial charge in [0.15, 0.2) is 0 Å². The van der Waals surface area contributed by atoms with Gasteiger partial charge in [0.2, 0.25) is 11.6 Å². The third-order valence-corrected chi connectivity index (χ3v) is 9.27. The Balaban J connectivity index is 1.66. The minimum Gasteiger partial charge on any atom is -0.394 e. The second kappa shape index (κ2) is 27.4. The molecule has 0 radical (unpaired) electrons. The van der Waals surface area contributed by atoms with Crippen LogP contribution in [0.25, 0.3) is 0 Å². The van der Waals surface area contributed by atoms with E-state index in [4.69, 9.17) is 14.2 Å². The van der Waals surface area contributed by atoms with Crippen LogP contribution in [0.4, 0.5) is 0 Å². The first kappa shape index (κ1) is 55.2. The summed E-state index contributed by atoms with van der Waals surface area (Å²) in [4.78, 5) is 129. The standard InChI is InChI=1S/C37H54O27/c1-20(35(53)63-60-27(45)14-10-6-3-7-11-24(42)57-56-21(2)41)15-28(46)61-58-25(43)12-8-4-5-9-13-26(44)59-62-29(47)16-36(34(52)32(50)30(48)22(17-38)54-36)64-37(19-40)33(51)31(49)23(18-39)55-37/h22-23,30-34,38-40,48-52H,1,3-19H2,2H3/t22-,23-,30-,31-,32+,33+,34-,36+,37?/m1/s1. The highest BCUT2D eigenvalue weighted by Gasteiger charge is 2.64. The van der Waals surface area contributed by atoms with Crippen LogP contribution in [0.3, 0.4) is 0 Å². The molecular formula is C37H54O27. The fourth-order valence-electron chi connectivity index (χ4n) is 5.91. The summed E-state index contributed by atoms with van der Waals surface area (Å²) in [5.41, 5.74) is -0.500. The molecule has 2 aliphatic heterocycles. The molecule has 27 nitrogen and oxygen atoms in total. The van der Waals surface area contributed by atoms with Crippen LogP contribution < -0.4 is 0 Å². The quantitative estimate of drug-likeness (QED) is 0.0207. The molecule has 64 heavy (non-hydrogen) atoms. The van der Waals surface area contributed by atoms with Crippen LogP contribution >= 0.6 is 0 Å². The molecule has 0 aromatic carbocycles. The molecule has 364 valence electrons. The maximum atomic E-state index is 12.8. The lowest BCUT2D eigenvalue weighted by Crippen LogP contribution is -2.70. The van der Waals surface area contributed by atoms with Gasteiger partial charge in [-0.2, -0.15) is 0 Å². The van der Waals surface area contributed by atoms with Gasteiger partial charge in [-0.15, -0.1) is 0 Å². The Labute approximate surface area is 363 Å². The minimum atomic E-state index is -2.91. The van der Waals surface area contributed by atoms with Crippen LogP contribution in [0.1, 0.15) is 96.8 Å². The molecule has 0 aliphatic carbocycles. The molecule has 2 saturated heterocycles. The average Bonchev–Trinajstić information content (AvgIpc) is 3.50. The van der Waals surface area contributed by atoms with E-state index in [1.54, 1.807) is 0 Å². The molecule has 0 aromatic heterocycles. The molecule has 2 heterocycles. The summed E-state index contributed by atoms with van der Waals surface area (Å²) in [5.74, 6) is -14.1. The molecular weight excluding hydrogens is 876 g/mol. The third kappa shape index (κ3) is 17.6. The van der Waals surface area contributed by atoms with Crippen molar-refractivity contribution in [3.8, 4) is 0 Å². The van der Waals surface area contributed by atoms with E-state index in [0.29, 0.717) is 38.5 Å². The molecule has 2 fully saturated rings. The number of unbranched alkanes of at least 4 members (excludes halogenated alkanes) is 6. The predicted molar refractivity (Wildman–Crippen MR) is 196 cm³/mol. The Morgan fingerprint density at radius 1 is 0.500 bits per heavy atom. The van der Waals surface area contributed by atoms with E-state index < -0.39 is 140 Å². The summed E-state index contributed by atoms with van der Waals surface area (Å²) in [7, 11) is 0. The first-order chi connectivity index (χ1) is 30.2. The van der Waals surface area contributed by atoms with Crippen molar-refractivity contribution in [2.24, 2.45) is 0 Å². The van der Waals surface area contributed by atoms with Crippen molar-refractivity contribution < 1.29 is 133 Å². The number of ether oxygens (including phenoxy) is 3. The lowest BCUT2D eigenvalue weighted by molar-refractivity contribution is -0.434. The number of hydrogen-bond donors (Lipinski definition) is 8. The highest BCUT2D eigenvalue weighted by molar-refractivity contribution is 5.93. The zero-order chi connectivity index (χ0) is 48.0. The van der Waals surface area contributed by atoms with Crippen molar-refractivity contribution in [2.75, 3.05) is 19.8 Å². The number of hydrogen-bond acceptors (Lipinski definition) is 27. The molecule has 2 rings (SSSR count). The van der Waals surface area contributed by atoms with Crippen LogP contribution in [0.15, 0.2) is 12.2 Å². The van der Waals surface area contributed by atoms with Gasteiger partial charge in [0, 0.05) is 12.5 Å². The number of aliphatic hydroxyl groups excluding tert-OH is 8. The van der Waals surface area contributed by atoms with Crippen LogP contribution in [0.2, 0.25) is 0 Å². The summed E-state index contributed by atoms with van der Waals surface area (Å²) >= 11 is 0. The summed E-state index contributed by atoms with van der Waals surface area (Å²) in [5, 5.41) is 81.6. The van der Waals surface area contributed by atoms with Gasteiger partial charge in [-0.25, -0.2) is 77.5 Å². The van der Waals surface area contributed by atoms with Crippen molar-refractivity contribution >= 4 is 47.8 Å². The van der Waals surface area contributed by atoms with E-state index in [9.17, 15) is 79.2 Å². The second-order valence-corrected chi connectivity index (χ2v) is 14.4. The van der Waals surface area contributed by atoms with E-state index in [-0.39, 0.29) is 38.5 Å². The van der Waals surface area contributed by atoms with Gasteiger partial charge in [-0.3, -0.25) is 0 Å². The monoisotopic (exact) mass is 930 g/mol. The molecule has 2 aliphatic rings. The Bertz CT molecular complexity index is 1600. The number of carbonyl (C=O) groups excluding carboxylic acids is 8. The van der Waals surface area contributed by atoms with Gasteiger partial charge in [-0.1, -0.05) is 32.3 Å². The SMILES string of the molecule is C=C(CC(=O)OOC(=O)CCCCCCC(=O)OOC(=O)C[C@@]1(OC2(CO)O[C@H](CO)[C@@H](O)[C@@H]2O)O[C@H](CO)[C@@H](O)[C@H](O)[C@H]1O)C(=O)OOC(=O)CCCCCCC(=O)OOC(C)=O. The summed E-state index contributed by atoms with van der Waals surface area (Å²) in [6.07, 6.45) is -13.9. The minimum absolute atomic E-state index is 0.00996. The molecule has 0 saturated carbocycles. The van der Waals surface area contributed by atoms with Crippen molar-refractivity contribution in [3.05, 3.63) is 12.2 Å². The first-order valence-electron chi connectivity index (χ1n) is 19.8. The van der Waals surface area contributed by atoms with Gasteiger partial charge in [0.05, 0.1) is 45.3 Å². The maximum Gasteiger partial charge on any atom is 0.382 e. The molecule has 8 N–H and O–H groups in total. The highest BCUT2D eigenvalue weighted by Crippen LogP contribution is 2.42. The normalized spacial score (nSPS) is 26.2. The Morgan fingerprint density at radius 3 is 1.33 bits per heavy atom. The number of rotatable bonds is 24. The fraction of sp³-hybridized carbons (Fsp3) is 0.730. The van der Waals surface area contributed by atoms with E-state index in [2.05, 4.69) is 45.7 Å². The first-order valence-corrected chi connectivity index (χ1v) is 19.8. The van der Waals surface area contributed by atoms with Crippen LogP contribution in [-0.4, -0.2) is 163 Å². The molecule has 27 heteroatoms. The Kier molecular flexibility index (Phi) is 23.6. The summed E-state index contributed by atoms with van der Waals surface area (Å²) < 4.78 is 16.3. The highest BCUT2D eigenvalue weighted by atomic mass is 17.2. The largest absolute Gasteiger partial charge is 0.394 e. The van der Waals surface area contributed by atoms with Gasteiger partial charge in [0.1, 0.15) is 55.8 Å². The number of carbonyl (C=O) groups is 8. The lowest BCUT2D eigenvalue weighted by Gasteiger charge is -2.50. The molecule has 1 unspecified atom stereocenters. The van der Waals surface area contributed by atoms with E-state index in [1.165, 1.54) is 0 Å². The maximum absolute atomic E-state index is 12.8. The van der Waals surface area contributed by atoms with E-state index in [1.807, 2.05) is 0 Å². The second-order valence-electron chi connectivity index (χ2n) is 14.4. The van der Waals surface area contributed by atoms with Gasteiger partial charge < -0.3 is 55.1 Å². The topological polar surface area (TPSA) is 400 Å². The lowest BCUT2D eigenvalue weighted by atomic mass is 9.90. The average molecular weight is 931 g/mol. The third-order valence-electron chi connectivity index (χ3n) is 9.27. The van der Waals surface area contributed by atoms with Gasteiger partial charge in [-0.05, 0) is 25.7 Å². The molecule has 0 spiro atoms. The van der Waals surface area contributed by atoms with E-state index >= 15 is 0 Å². The number of aliphatic hydroxyl groups is 8. The Hall–Kier alpha value is -4.94. The molecule has 0 amide bonds. The van der Waals surface area contributed by atoms with E-state index in [0.717, 1.165) is 6.92 Å². The van der Waals surface area contributed by atoms with Crippen LogP contribution in [-0.2, 0) is 91.7 Å². The Morgan fingerprint density at radius 2 is 0.891 bits per heavy atom. The fourth-order valence-corrected chi connectivity index (χ4v) is 5.91. The van der Waals surface area contributed by atoms with Crippen molar-refractivity contribution in [2.45, 2.75) is 151 Å².